The number of methoxy groups -OCH3 is 1. The Kier molecular flexibility index (Phi) is 7.53. The summed E-state index contributed by atoms with van der Waals surface area (Å²) in [7, 11) is 1.64. The van der Waals surface area contributed by atoms with E-state index in [1.165, 1.54) is 0 Å². The Hall–Kier alpha value is -3.16. The van der Waals surface area contributed by atoms with Crippen LogP contribution in [0.15, 0.2) is 84.0 Å². The van der Waals surface area contributed by atoms with Gasteiger partial charge in [0.25, 0.3) is 0 Å². The van der Waals surface area contributed by atoms with Crippen molar-refractivity contribution in [1.29, 1.82) is 0 Å². The van der Waals surface area contributed by atoms with E-state index in [4.69, 9.17) is 25.8 Å². The molecule has 0 fully saturated rings. The lowest BCUT2D eigenvalue weighted by atomic mass is 10.3. The zero-order chi connectivity index (χ0) is 22.2. The van der Waals surface area contributed by atoms with Crippen molar-refractivity contribution in [1.82, 2.24) is 14.8 Å². The zero-order valence-electron chi connectivity index (χ0n) is 17.5. The molecular weight excluding hydrogens is 446 g/mol. The molecule has 0 bridgehead atoms. The van der Waals surface area contributed by atoms with Gasteiger partial charge in [0.15, 0.2) is 11.0 Å². The average molecular weight is 468 g/mol. The zero-order valence-corrected chi connectivity index (χ0v) is 19.1. The first-order valence-electron chi connectivity index (χ1n) is 10.0. The predicted octanol–water partition coefficient (Wildman–Crippen LogP) is 5.68. The lowest BCUT2D eigenvalue weighted by molar-refractivity contribution is 0.292. The molecule has 0 aliphatic heterocycles. The third kappa shape index (κ3) is 5.75. The highest BCUT2D eigenvalue weighted by Crippen LogP contribution is 2.24. The van der Waals surface area contributed by atoms with Crippen LogP contribution in [0.5, 0.6) is 17.2 Å². The Morgan fingerprint density at radius 3 is 2.38 bits per heavy atom. The summed E-state index contributed by atoms with van der Waals surface area (Å²) in [5.41, 5.74) is 0.976. The Bertz CT molecular complexity index is 1140. The number of thioether (sulfide) groups is 1. The van der Waals surface area contributed by atoms with Gasteiger partial charge < -0.3 is 14.2 Å². The van der Waals surface area contributed by atoms with E-state index in [0.717, 1.165) is 28.1 Å². The second-order valence-electron chi connectivity index (χ2n) is 6.69. The van der Waals surface area contributed by atoms with Gasteiger partial charge in [0.2, 0.25) is 0 Å². The standard InChI is InChI=1S/C24H22ClN3O3S/c1-29-20-10-12-21(13-11-20)31-17-23-26-27-24(28(23)19-7-3-2-4-8-19)32-15-14-30-22-9-5-6-18(25)16-22/h2-13,16H,14-15,17H2,1H3. The summed E-state index contributed by atoms with van der Waals surface area (Å²) >= 11 is 7.58. The first kappa shape index (κ1) is 22.0. The fourth-order valence-corrected chi connectivity index (χ4v) is 3.96. The summed E-state index contributed by atoms with van der Waals surface area (Å²) in [5.74, 6) is 3.68. The maximum atomic E-state index is 6.01. The van der Waals surface area contributed by atoms with Gasteiger partial charge >= 0.3 is 0 Å². The molecule has 0 aliphatic rings. The van der Waals surface area contributed by atoms with Gasteiger partial charge in [-0.15, -0.1) is 10.2 Å². The van der Waals surface area contributed by atoms with Gasteiger partial charge in [-0.2, -0.15) is 0 Å². The molecule has 3 aromatic carbocycles. The minimum absolute atomic E-state index is 0.286. The first-order chi connectivity index (χ1) is 15.7. The van der Waals surface area contributed by atoms with E-state index < -0.39 is 0 Å². The van der Waals surface area contributed by atoms with Gasteiger partial charge in [-0.05, 0) is 54.6 Å². The highest BCUT2D eigenvalue weighted by Gasteiger charge is 2.15. The van der Waals surface area contributed by atoms with Crippen molar-refractivity contribution in [3.05, 3.63) is 89.7 Å². The van der Waals surface area contributed by atoms with E-state index in [2.05, 4.69) is 10.2 Å². The maximum Gasteiger partial charge on any atom is 0.196 e. The van der Waals surface area contributed by atoms with Gasteiger partial charge in [-0.3, -0.25) is 4.57 Å². The quantitative estimate of drug-likeness (QED) is 0.221. The molecular formula is C24H22ClN3O3S. The largest absolute Gasteiger partial charge is 0.497 e. The number of benzene rings is 3. The van der Waals surface area contributed by atoms with Gasteiger partial charge in [0.1, 0.15) is 23.9 Å². The van der Waals surface area contributed by atoms with Gasteiger partial charge in [0.05, 0.1) is 13.7 Å². The van der Waals surface area contributed by atoms with E-state index in [0.29, 0.717) is 23.2 Å². The van der Waals surface area contributed by atoms with Crippen molar-refractivity contribution in [3.8, 4) is 22.9 Å². The van der Waals surface area contributed by atoms with Crippen molar-refractivity contribution in [2.75, 3.05) is 19.5 Å². The van der Waals surface area contributed by atoms with Crippen molar-refractivity contribution in [2.24, 2.45) is 0 Å². The van der Waals surface area contributed by atoms with Gasteiger partial charge in [-0.1, -0.05) is 47.6 Å². The molecule has 0 radical (unpaired) electrons. The van der Waals surface area contributed by atoms with Crippen LogP contribution in [0.3, 0.4) is 0 Å². The van der Waals surface area contributed by atoms with Crippen molar-refractivity contribution in [3.63, 3.8) is 0 Å². The SMILES string of the molecule is COc1ccc(OCc2nnc(SCCOc3cccc(Cl)c3)n2-c2ccccc2)cc1. The number of hydrogen-bond donors (Lipinski definition) is 0. The number of aromatic nitrogens is 3. The summed E-state index contributed by atoms with van der Waals surface area (Å²) in [6, 6.07) is 24.8. The Balaban J connectivity index is 1.44. The minimum Gasteiger partial charge on any atom is -0.497 e. The summed E-state index contributed by atoms with van der Waals surface area (Å²) < 4.78 is 18.9. The second-order valence-corrected chi connectivity index (χ2v) is 8.19. The smallest absolute Gasteiger partial charge is 0.196 e. The van der Waals surface area contributed by atoms with Crippen LogP contribution in [0.1, 0.15) is 5.82 Å². The summed E-state index contributed by atoms with van der Waals surface area (Å²) in [4.78, 5) is 0. The number of halogens is 1. The molecule has 0 amide bonds. The second kappa shape index (κ2) is 10.9. The fourth-order valence-electron chi connectivity index (χ4n) is 2.99. The van der Waals surface area contributed by atoms with Crippen LogP contribution in [-0.4, -0.2) is 34.2 Å². The molecule has 164 valence electrons. The molecule has 1 heterocycles. The minimum atomic E-state index is 0.286. The monoisotopic (exact) mass is 467 g/mol. The highest BCUT2D eigenvalue weighted by atomic mass is 35.5. The molecule has 32 heavy (non-hydrogen) atoms. The molecule has 0 aliphatic carbocycles. The topological polar surface area (TPSA) is 58.4 Å². The summed E-state index contributed by atoms with van der Waals surface area (Å²) in [6.07, 6.45) is 0. The lowest BCUT2D eigenvalue weighted by Gasteiger charge is -2.11. The van der Waals surface area contributed by atoms with Crippen LogP contribution in [0.2, 0.25) is 5.02 Å². The molecule has 8 heteroatoms. The maximum absolute atomic E-state index is 6.01. The lowest BCUT2D eigenvalue weighted by Crippen LogP contribution is -2.07. The van der Waals surface area contributed by atoms with E-state index in [1.807, 2.05) is 77.4 Å². The van der Waals surface area contributed by atoms with Crippen LogP contribution in [0.4, 0.5) is 0 Å². The Morgan fingerprint density at radius 2 is 1.62 bits per heavy atom. The highest BCUT2D eigenvalue weighted by molar-refractivity contribution is 7.99. The van der Waals surface area contributed by atoms with Crippen LogP contribution in [-0.2, 0) is 6.61 Å². The third-order valence-electron chi connectivity index (χ3n) is 4.52. The molecule has 6 nitrogen and oxygen atoms in total. The van der Waals surface area contributed by atoms with E-state index in [1.54, 1.807) is 24.9 Å². The Morgan fingerprint density at radius 1 is 0.844 bits per heavy atom. The Labute approximate surface area is 196 Å². The summed E-state index contributed by atoms with van der Waals surface area (Å²) in [6.45, 7) is 0.804. The number of ether oxygens (including phenoxy) is 3. The van der Waals surface area contributed by atoms with Gasteiger partial charge in [-0.25, -0.2) is 0 Å². The number of para-hydroxylation sites is 1. The molecule has 0 spiro atoms. The number of rotatable bonds is 10. The normalized spacial score (nSPS) is 10.7. The molecule has 0 unspecified atom stereocenters. The molecule has 0 saturated heterocycles. The van der Waals surface area contributed by atoms with Crippen LogP contribution in [0.25, 0.3) is 5.69 Å². The van der Waals surface area contributed by atoms with E-state index in [9.17, 15) is 0 Å². The predicted molar refractivity (Wildman–Crippen MR) is 126 cm³/mol. The number of hydrogen-bond acceptors (Lipinski definition) is 6. The van der Waals surface area contributed by atoms with Crippen LogP contribution >= 0.6 is 23.4 Å². The van der Waals surface area contributed by atoms with Gasteiger partial charge in [0, 0.05) is 16.5 Å². The van der Waals surface area contributed by atoms with E-state index >= 15 is 0 Å². The molecule has 0 N–H and O–H groups in total. The average Bonchev–Trinajstić information content (AvgIpc) is 3.24. The molecule has 1 aromatic heterocycles. The molecule has 4 rings (SSSR count). The fraction of sp³-hybridized carbons (Fsp3) is 0.167. The van der Waals surface area contributed by atoms with Crippen molar-refractivity contribution >= 4 is 23.4 Å². The molecule has 4 aromatic rings. The van der Waals surface area contributed by atoms with Crippen molar-refractivity contribution < 1.29 is 14.2 Å². The first-order valence-corrected chi connectivity index (χ1v) is 11.4. The number of nitrogens with zero attached hydrogens (tertiary/aromatic N) is 3. The van der Waals surface area contributed by atoms with E-state index in [-0.39, 0.29) is 6.61 Å². The molecule has 0 saturated carbocycles. The van der Waals surface area contributed by atoms with Crippen LogP contribution in [0, 0.1) is 0 Å². The van der Waals surface area contributed by atoms with Crippen LogP contribution < -0.4 is 14.2 Å². The molecule has 0 atom stereocenters. The van der Waals surface area contributed by atoms with Crippen molar-refractivity contribution in [2.45, 2.75) is 11.8 Å². The summed E-state index contributed by atoms with van der Waals surface area (Å²) in [5, 5.41) is 10.2. The third-order valence-corrected chi connectivity index (χ3v) is 5.65.